The minimum atomic E-state index is -4.43. The molecule has 0 aromatic heterocycles. The van der Waals surface area contributed by atoms with Crippen LogP contribution in [0.25, 0.3) is 0 Å². The summed E-state index contributed by atoms with van der Waals surface area (Å²) in [6.45, 7) is 12.1. The van der Waals surface area contributed by atoms with Crippen LogP contribution in [-0.4, -0.2) is 82.0 Å². The third-order valence-electron chi connectivity index (χ3n) is 4.29. The van der Waals surface area contributed by atoms with Crippen molar-refractivity contribution in [2.24, 2.45) is 15.7 Å². The van der Waals surface area contributed by atoms with E-state index in [1.165, 1.54) is 18.1 Å². The van der Waals surface area contributed by atoms with Crippen LogP contribution in [0.2, 0.25) is 0 Å². The third-order valence-corrected chi connectivity index (χ3v) is 7.18. The summed E-state index contributed by atoms with van der Waals surface area (Å²) in [6.07, 6.45) is 0.924. The highest BCUT2D eigenvalue weighted by atomic mass is 32.2. The van der Waals surface area contributed by atoms with Crippen LogP contribution >= 0.6 is 19.6 Å². The van der Waals surface area contributed by atoms with Crippen molar-refractivity contribution >= 4 is 43.8 Å². The molecule has 36 heavy (non-hydrogen) atoms. The second kappa shape index (κ2) is 12.1. The molecule has 1 unspecified atom stereocenters. The standard InChI is InChI=1S/C21H35N4O9PS/c1-13-24-19(22)23-12-25(13)16-8-14(26)15(36-16)9-30-35(29,31-10-17(27)33-20(2,3)4)32-11-18(28)34-21(5,6)7/h12,14-16,26H,1,8-11H2,2-7H3,(H2,22,24)/t14?,15-,16-/m1/s1. The maximum absolute atomic E-state index is 13.2. The number of phosphoric acid groups is 1. The first-order chi connectivity index (χ1) is 16.5. The maximum Gasteiger partial charge on any atom is 0.475 e. The van der Waals surface area contributed by atoms with E-state index < -0.39 is 55.5 Å². The van der Waals surface area contributed by atoms with Crippen LogP contribution in [0.1, 0.15) is 48.0 Å². The number of nitrogens with two attached hydrogens (primary N) is 1. The summed E-state index contributed by atoms with van der Waals surface area (Å²) in [6, 6.07) is 0. The molecule has 2 aliphatic heterocycles. The number of carbonyl (C=O) groups is 2. The summed E-state index contributed by atoms with van der Waals surface area (Å²) in [5.41, 5.74) is 3.98. The maximum atomic E-state index is 13.2. The molecule has 0 spiro atoms. The normalized spacial score (nSPS) is 23.0. The zero-order chi connectivity index (χ0) is 27.3. The Kier molecular flexibility index (Phi) is 10.1. The van der Waals surface area contributed by atoms with E-state index in [4.69, 9.17) is 28.8 Å². The quantitative estimate of drug-likeness (QED) is 0.300. The fraction of sp³-hybridized carbons (Fsp3) is 0.714. The molecule has 15 heteroatoms. The van der Waals surface area contributed by atoms with Crippen molar-refractivity contribution in [1.82, 2.24) is 4.90 Å². The Morgan fingerprint density at radius 2 is 1.67 bits per heavy atom. The smallest absolute Gasteiger partial charge is 0.458 e. The first kappa shape index (κ1) is 30.3. The van der Waals surface area contributed by atoms with Crippen LogP contribution in [-0.2, 0) is 37.2 Å². The van der Waals surface area contributed by atoms with Gasteiger partial charge in [0.15, 0.2) is 13.2 Å². The number of esters is 2. The second-order valence-corrected chi connectivity index (χ2v) is 13.0. The number of hydrogen-bond acceptors (Lipinski definition) is 14. The van der Waals surface area contributed by atoms with Crippen molar-refractivity contribution in [1.29, 1.82) is 0 Å². The summed E-state index contributed by atoms with van der Waals surface area (Å²) in [5.74, 6) is -1.17. The molecule has 0 aromatic carbocycles. The average molecular weight is 551 g/mol. The lowest BCUT2D eigenvalue weighted by Crippen LogP contribution is -2.33. The summed E-state index contributed by atoms with van der Waals surface area (Å²) < 4.78 is 39.2. The number of ether oxygens (including phenoxy) is 2. The molecule has 0 amide bonds. The minimum Gasteiger partial charge on any atom is -0.458 e. The number of hydrogen-bond donors (Lipinski definition) is 2. The van der Waals surface area contributed by atoms with Crippen molar-refractivity contribution in [3.8, 4) is 0 Å². The number of phosphoric ester groups is 1. The third kappa shape index (κ3) is 10.2. The van der Waals surface area contributed by atoms with Gasteiger partial charge in [-0.1, -0.05) is 6.58 Å². The lowest BCUT2D eigenvalue weighted by Gasteiger charge is -2.27. The number of nitrogens with zero attached hydrogens (tertiary/aromatic N) is 3. The summed E-state index contributed by atoms with van der Waals surface area (Å²) in [7, 11) is -4.43. The zero-order valence-electron chi connectivity index (χ0n) is 21.3. The van der Waals surface area contributed by atoms with Crippen molar-refractivity contribution in [2.75, 3.05) is 19.8 Å². The number of thioether (sulfide) groups is 1. The topological polar surface area (TPSA) is 172 Å². The second-order valence-electron chi connectivity index (χ2n) is 9.93. The molecule has 2 rings (SSSR count). The Labute approximate surface area is 215 Å². The predicted molar refractivity (Wildman–Crippen MR) is 134 cm³/mol. The molecule has 0 aromatic rings. The molecule has 2 aliphatic rings. The van der Waals surface area contributed by atoms with Crippen LogP contribution in [0.3, 0.4) is 0 Å². The molecular formula is C21H35N4O9PS. The number of aliphatic hydroxyl groups excluding tert-OH is 1. The highest BCUT2D eigenvalue weighted by molar-refractivity contribution is 8.00. The largest absolute Gasteiger partial charge is 0.475 e. The van der Waals surface area contributed by atoms with Crippen LogP contribution in [0.15, 0.2) is 22.4 Å². The highest BCUT2D eigenvalue weighted by Gasteiger charge is 2.40. The van der Waals surface area contributed by atoms with Gasteiger partial charge in [-0.2, -0.15) is 4.99 Å². The van der Waals surface area contributed by atoms with Gasteiger partial charge in [-0.05, 0) is 41.5 Å². The van der Waals surface area contributed by atoms with Crippen LogP contribution < -0.4 is 5.73 Å². The summed E-state index contributed by atoms with van der Waals surface area (Å²) in [5, 5.41) is 9.70. The van der Waals surface area contributed by atoms with E-state index in [-0.39, 0.29) is 17.9 Å². The van der Waals surface area contributed by atoms with Crippen molar-refractivity contribution < 1.29 is 42.3 Å². The summed E-state index contributed by atoms with van der Waals surface area (Å²) >= 11 is 1.31. The summed E-state index contributed by atoms with van der Waals surface area (Å²) in [4.78, 5) is 33.7. The van der Waals surface area contributed by atoms with E-state index in [0.29, 0.717) is 12.2 Å². The van der Waals surface area contributed by atoms with Crippen molar-refractivity contribution in [2.45, 2.75) is 75.9 Å². The molecular weight excluding hydrogens is 515 g/mol. The van der Waals surface area contributed by atoms with Gasteiger partial charge in [-0.25, -0.2) is 19.1 Å². The molecule has 0 saturated carbocycles. The van der Waals surface area contributed by atoms with E-state index in [2.05, 4.69) is 16.6 Å². The van der Waals surface area contributed by atoms with E-state index >= 15 is 0 Å². The monoisotopic (exact) mass is 550 g/mol. The van der Waals surface area contributed by atoms with E-state index in [1.54, 1.807) is 46.4 Å². The van der Waals surface area contributed by atoms with Gasteiger partial charge in [0.1, 0.15) is 23.4 Å². The molecule has 0 radical (unpaired) electrons. The Morgan fingerprint density at radius 1 is 1.14 bits per heavy atom. The molecule has 1 fully saturated rings. The first-order valence-corrected chi connectivity index (χ1v) is 13.5. The molecule has 13 nitrogen and oxygen atoms in total. The number of carbonyl (C=O) groups excluding carboxylic acids is 2. The lowest BCUT2D eigenvalue weighted by molar-refractivity contribution is -0.158. The van der Waals surface area contributed by atoms with Gasteiger partial charge in [0.25, 0.3) is 0 Å². The minimum absolute atomic E-state index is 0.0740. The molecule has 0 aliphatic carbocycles. The number of rotatable bonds is 10. The SMILES string of the molecule is C=C1N=C(N)N=CN1[C@H]1CC(O)[C@@H](COP(=O)(OCC(=O)OC(C)(C)C)OCC(=O)OC(C)(C)C)S1. The van der Waals surface area contributed by atoms with Gasteiger partial charge in [0.05, 0.1) is 23.3 Å². The van der Waals surface area contributed by atoms with E-state index in [1.807, 2.05) is 0 Å². The molecule has 3 N–H and O–H groups in total. The molecule has 2 heterocycles. The van der Waals surface area contributed by atoms with Crippen LogP contribution in [0.5, 0.6) is 0 Å². The predicted octanol–water partition coefficient (Wildman–Crippen LogP) is 2.15. The number of aliphatic hydroxyl groups is 1. The lowest BCUT2D eigenvalue weighted by atomic mass is 10.2. The molecule has 0 bridgehead atoms. The first-order valence-electron chi connectivity index (χ1n) is 11.1. The van der Waals surface area contributed by atoms with Gasteiger partial charge in [0.2, 0.25) is 5.96 Å². The molecule has 1 saturated heterocycles. The number of guanidine groups is 1. The fourth-order valence-electron chi connectivity index (χ4n) is 2.97. The Bertz CT molecular complexity index is 909. The Hall–Kier alpha value is -1.96. The van der Waals surface area contributed by atoms with Gasteiger partial charge in [0, 0.05) is 6.42 Å². The van der Waals surface area contributed by atoms with Crippen molar-refractivity contribution in [3.63, 3.8) is 0 Å². The van der Waals surface area contributed by atoms with Gasteiger partial charge < -0.3 is 25.2 Å². The Balaban J connectivity index is 2.02. The highest BCUT2D eigenvalue weighted by Crippen LogP contribution is 2.51. The molecule has 204 valence electrons. The van der Waals surface area contributed by atoms with Crippen LogP contribution in [0.4, 0.5) is 0 Å². The van der Waals surface area contributed by atoms with E-state index in [0.717, 1.165) is 0 Å². The van der Waals surface area contributed by atoms with Crippen molar-refractivity contribution in [3.05, 3.63) is 12.4 Å². The zero-order valence-corrected chi connectivity index (χ0v) is 23.0. The van der Waals surface area contributed by atoms with Gasteiger partial charge in [-0.3, -0.25) is 13.6 Å². The Morgan fingerprint density at radius 3 is 2.14 bits per heavy atom. The van der Waals surface area contributed by atoms with Gasteiger partial charge >= 0.3 is 19.8 Å². The van der Waals surface area contributed by atoms with E-state index in [9.17, 15) is 19.3 Å². The van der Waals surface area contributed by atoms with Crippen LogP contribution in [0, 0.1) is 0 Å². The molecule has 3 atom stereocenters. The average Bonchev–Trinajstić information content (AvgIpc) is 3.07. The fourth-order valence-corrected chi connectivity index (χ4v) is 5.62. The number of aliphatic imine (C=N–C) groups is 2. The van der Waals surface area contributed by atoms with Gasteiger partial charge in [-0.15, -0.1) is 11.8 Å².